The van der Waals surface area contributed by atoms with E-state index in [0.717, 1.165) is 49.5 Å². The Morgan fingerprint density at radius 2 is 0.787 bits per heavy atom. The van der Waals surface area contributed by atoms with Gasteiger partial charge in [0, 0.05) is 54.9 Å². The molecule has 8 bridgehead atoms. The van der Waals surface area contributed by atoms with Gasteiger partial charge in [-0.25, -0.2) is 29.9 Å². The first-order chi connectivity index (χ1) is 28.9. The van der Waals surface area contributed by atoms with E-state index in [9.17, 15) is 9.90 Å². The number of nitrogens with zero attached hydrogens (tertiary/aromatic N) is 6. The topological polar surface area (TPSA) is 146 Å². The Hall–Kier alpha value is -7.07. The van der Waals surface area contributed by atoms with Gasteiger partial charge in [0.1, 0.15) is 28.3 Å². The number of fused-ring (bicyclic) bond motifs is 20. The fraction of sp³-hybridized carbons (Fsp3) is 0.235. The number of aromatic nitrogens is 8. The van der Waals surface area contributed by atoms with Gasteiger partial charge in [-0.2, -0.15) is 0 Å². The van der Waals surface area contributed by atoms with Gasteiger partial charge in [0.25, 0.3) is 0 Å². The molecule has 0 atom stereocenters. The monoisotopic (exact) mass is 802 g/mol. The van der Waals surface area contributed by atoms with Gasteiger partial charge in [-0.1, -0.05) is 105 Å². The standard InChI is InChI=1S/C51H46N8O2/c1-49(2,3)28-13-19-33-37(23-28)47-55-42(33)53-45-36-22-27(40(61)26-10-16-31(60)17-11-26)12-18-32(36)41(52-45)54-46-38-24-29(50(4,5)6)14-20-34(38)43(56-46)58-48-39-25-30(51(7,8)9)15-21-35(39)44(57-47)59-48/h10-25,60H,1-9H3,(H2,52,53,54,55,56,57,58,59). The molecule has 2 aliphatic rings. The van der Waals surface area contributed by atoms with Crippen LogP contribution in [0.2, 0.25) is 0 Å². The highest BCUT2D eigenvalue weighted by atomic mass is 16.3. The van der Waals surface area contributed by atoms with E-state index >= 15 is 0 Å². The first-order valence-electron chi connectivity index (χ1n) is 20.6. The predicted octanol–water partition coefficient (Wildman–Crippen LogP) is 11.7. The molecule has 5 aromatic carbocycles. The van der Waals surface area contributed by atoms with E-state index in [1.54, 1.807) is 18.2 Å². The van der Waals surface area contributed by atoms with Crippen LogP contribution >= 0.6 is 0 Å². The lowest BCUT2D eigenvalue weighted by Crippen LogP contribution is -2.10. The largest absolute Gasteiger partial charge is 0.508 e. The normalized spacial score (nSPS) is 12.8. The molecule has 0 saturated carbocycles. The van der Waals surface area contributed by atoms with E-state index in [1.807, 2.05) is 12.1 Å². The lowest BCUT2D eigenvalue weighted by Gasteiger charge is -2.19. The van der Waals surface area contributed by atoms with Gasteiger partial charge in [-0.3, -0.25) is 4.79 Å². The van der Waals surface area contributed by atoms with Gasteiger partial charge < -0.3 is 15.1 Å². The molecule has 10 nitrogen and oxygen atoms in total. The van der Waals surface area contributed by atoms with Crippen LogP contribution in [0, 0.1) is 0 Å². The number of hydrogen-bond donors (Lipinski definition) is 3. The molecule has 0 fully saturated rings. The van der Waals surface area contributed by atoms with Crippen LogP contribution in [0.5, 0.6) is 5.75 Å². The van der Waals surface area contributed by atoms with Crippen molar-refractivity contribution in [3.8, 4) is 51.3 Å². The molecule has 10 heteroatoms. The highest BCUT2D eigenvalue weighted by molar-refractivity contribution is 6.14. The van der Waals surface area contributed by atoms with Gasteiger partial charge in [-0.15, -0.1) is 0 Å². The number of nitrogens with one attached hydrogen (secondary N) is 2. The van der Waals surface area contributed by atoms with Crippen molar-refractivity contribution in [1.29, 1.82) is 0 Å². The van der Waals surface area contributed by atoms with E-state index in [-0.39, 0.29) is 27.8 Å². The maximum absolute atomic E-state index is 13.8. The molecule has 0 unspecified atom stereocenters. The highest BCUT2D eigenvalue weighted by Crippen LogP contribution is 2.41. The summed E-state index contributed by atoms with van der Waals surface area (Å²) in [4.78, 5) is 52.3. The van der Waals surface area contributed by atoms with E-state index in [1.165, 1.54) is 17.7 Å². The maximum atomic E-state index is 13.8. The van der Waals surface area contributed by atoms with Crippen molar-refractivity contribution in [3.63, 3.8) is 0 Å². The van der Waals surface area contributed by atoms with Crippen LogP contribution in [0.25, 0.3) is 89.7 Å². The minimum atomic E-state index is -0.185. The molecule has 8 aromatic rings. The van der Waals surface area contributed by atoms with Crippen LogP contribution in [0.4, 0.5) is 0 Å². The van der Waals surface area contributed by atoms with E-state index in [0.29, 0.717) is 62.4 Å². The summed E-state index contributed by atoms with van der Waals surface area (Å²) >= 11 is 0. The summed E-state index contributed by atoms with van der Waals surface area (Å²) in [6.45, 7) is 19.8. The number of aromatic hydroxyl groups is 1. The number of carbonyl (C=O) groups excluding carboxylic acids is 1. The molecule has 0 spiro atoms. The third kappa shape index (κ3) is 6.54. The number of aromatic amines is 2. The second-order valence-electron chi connectivity index (χ2n) is 19.3. The number of phenols is 1. The predicted molar refractivity (Wildman–Crippen MR) is 244 cm³/mol. The summed E-state index contributed by atoms with van der Waals surface area (Å²) < 4.78 is 0. The van der Waals surface area contributed by atoms with E-state index in [4.69, 9.17) is 29.9 Å². The molecule has 2 aliphatic heterocycles. The zero-order valence-electron chi connectivity index (χ0n) is 35.8. The summed E-state index contributed by atoms with van der Waals surface area (Å²) in [5.41, 5.74) is 9.79. The van der Waals surface area contributed by atoms with Crippen LogP contribution in [0.3, 0.4) is 0 Å². The summed E-state index contributed by atoms with van der Waals surface area (Å²) in [5, 5.41) is 13.2. The van der Waals surface area contributed by atoms with Gasteiger partial charge in [0.2, 0.25) is 0 Å². The van der Waals surface area contributed by atoms with Crippen molar-refractivity contribution < 1.29 is 9.90 Å². The van der Waals surface area contributed by atoms with Crippen molar-refractivity contribution >= 4 is 49.9 Å². The Morgan fingerprint density at radius 1 is 0.410 bits per heavy atom. The average molecular weight is 803 g/mol. The summed E-state index contributed by atoms with van der Waals surface area (Å²) in [5.74, 6) is 1.96. The summed E-state index contributed by atoms with van der Waals surface area (Å²) in [6.07, 6.45) is 0. The molecule has 0 aliphatic carbocycles. The number of hydrogen-bond acceptors (Lipinski definition) is 8. The van der Waals surface area contributed by atoms with E-state index in [2.05, 4.69) is 127 Å². The zero-order chi connectivity index (χ0) is 42.7. The van der Waals surface area contributed by atoms with Crippen LogP contribution in [-0.4, -0.2) is 50.8 Å². The number of H-pyrrole nitrogens is 2. The van der Waals surface area contributed by atoms with Gasteiger partial charge >= 0.3 is 0 Å². The molecule has 0 saturated heterocycles. The van der Waals surface area contributed by atoms with Gasteiger partial charge in [-0.05, 0) is 87.5 Å². The number of benzene rings is 5. The van der Waals surface area contributed by atoms with Gasteiger partial charge in [0.05, 0.1) is 0 Å². The Bertz CT molecular complexity index is 3320. The third-order valence-electron chi connectivity index (χ3n) is 11.8. The van der Waals surface area contributed by atoms with Crippen molar-refractivity contribution in [3.05, 3.63) is 125 Å². The average Bonchev–Trinajstić information content (AvgIpc) is 3.94. The minimum Gasteiger partial charge on any atom is -0.508 e. The van der Waals surface area contributed by atoms with Crippen LogP contribution in [0.15, 0.2) is 97.1 Å². The second kappa shape index (κ2) is 13.2. The molecule has 0 radical (unpaired) electrons. The van der Waals surface area contributed by atoms with Crippen molar-refractivity contribution in [2.45, 2.75) is 78.6 Å². The molecule has 61 heavy (non-hydrogen) atoms. The molecular formula is C51H46N8O2. The first kappa shape index (κ1) is 38.2. The molecule has 0 amide bonds. The Morgan fingerprint density at radius 3 is 1.26 bits per heavy atom. The molecule has 5 heterocycles. The number of rotatable bonds is 2. The summed E-state index contributed by atoms with van der Waals surface area (Å²) in [6, 6.07) is 31.0. The molecule has 10 rings (SSSR count). The smallest absolute Gasteiger partial charge is 0.193 e. The van der Waals surface area contributed by atoms with Crippen LogP contribution in [-0.2, 0) is 16.2 Å². The number of carbonyl (C=O) groups is 1. The van der Waals surface area contributed by atoms with Crippen molar-refractivity contribution in [2.24, 2.45) is 0 Å². The first-order valence-corrected chi connectivity index (χ1v) is 20.6. The zero-order valence-corrected chi connectivity index (χ0v) is 35.8. The molecule has 302 valence electrons. The van der Waals surface area contributed by atoms with Crippen molar-refractivity contribution in [2.75, 3.05) is 0 Å². The number of ketones is 1. The SMILES string of the molecule is CC(C)(C)c1ccc2c(c1)-c1nc-2nc2[nH]c(nc3nc(nc4[nH]c(n1)c1ccc(C(=O)c5ccc(O)cc5)cc41)-c1ccc(C(C)(C)C)cc1-3)c1ccc(C(C)(C)C)cc21. The van der Waals surface area contributed by atoms with Crippen LogP contribution < -0.4 is 0 Å². The Kier molecular flexibility index (Phi) is 8.27. The van der Waals surface area contributed by atoms with E-state index < -0.39 is 0 Å². The molecule has 3 N–H and O–H groups in total. The second-order valence-corrected chi connectivity index (χ2v) is 19.3. The fourth-order valence-corrected chi connectivity index (χ4v) is 8.11. The van der Waals surface area contributed by atoms with Gasteiger partial charge in [0.15, 0.2) is 29.1 Å². The molecule has 3 aromatic heterocycles. The summed E-state index contributed by atoms with van der Waals surface area (Å²) in [7, 11) is 0. The lowest BCUT2D eigenvalue weighted by molar-refractivity contribution is 0.103. The maximum Gasteiger partial charge on any atom is 0.193 e. The Balaban J connectivity index is 1.34. The minimum absolute atomic E-state index is 0.0919. The third-order valence-corrected chi connectivity index (χ3v) is 11.8. The highest BCUT2D eigenvalue weighted by Gasteiger charge is 2.27. The van der Waals surface area contributed by atoms with Crippen molar-refractivity contribution in [1.82, 2.24) is 39.9 Å². The molecular weight excluding hydrogens is 757 g/mol. The van der Waals surface area contributed by atoms with Crippen LogP contribution in [0.1, 0.15) is 94.9 Å². The lowest BCUT2D eigenvalue weighted by atomic mass is 9.85. The number of phenolic OH excluding ortho intramolecular Hbond substituents is 1. The quantitative estimate of drug-likeness (QED) is 0.146. The fourth-order valence-electron chi connectivity index (χ4n) is 8.11. The Labute approximate surface area is 353 Å².